The SMILES string of the molecule is COc1cccc(-c2[nH]ncc2C(=O)N2CCC(c3nc(C)no3)C2)c1. The summed E-state index contributed by atoms with van der Waals surface area (Å²) in [4.78, 5) is 19.1. The first-order valence-corrected chi connectivity index (χ1v) is 8.43. The highest BCUT2D eigenvalue weighted by Gasteiger charge is 2.32. The minimum Gasteiger partial charge on any atom is -0.497 e. The van der Waals surface area contributed by atoms with E-state index in [4.69, 9.17) is 9.26 Å². The van der Waals surface area contributed by atoms with Crippen molar-refractivity contribution in [1.82, 2.24) is 25.2 Å². The Morgan fingerprint density at radius 2 is 2.31 bits per heavy atom. The molecule has 1 atom stereocenters. The van der Waals surface area contributed by atoms with Crippen LogP contribution < -0.4 is 4.74 Å². The number of benzene rings is 1. The van der Waals surface area contributed by atoms with Gasteiger partial charge in [-0.25, -0.2) is 0 Å². The van der Waals surface area contributed by atoms with Crippen LogP contribution in [0, 0.1) is 6.92 Å². The Kier molecular flexibility index (Phi) is 4.16. The van der Waals surface area contributed by atoms with Gasteiger partial charge in [0.25, 0.3) is 5.91 Å². The molecule has 3 heterocycles. The lowest BCUT2D eigenvalue weighted by Gasteiger charge is -2.16. The van der Waals surface area contributed by atoms with E-state index >= 15 is 0 Å². The summed E-state index contributed by atoms with van der Waals surface area (Å²) in [6.07, 6.45) is 2.38. The van der Waals surface area contributed by atoms with E-state index < -0.39 is 0 Å². The van der Waals surface area contributed by atoms with Crippen LogP contribution in [0.1, 0.15) is 34.4 Å². The smallest absolute Gasteiger partial charge is 0.257 e. The quantitative estimate of drug-likeness (QED) is 0.773. The number of ether oxygens (including phenoxy) is 1. The molecule has 1 unspecified atom stereocenters. The zero-order valence-electron chi connectivity index (χ0n) is 14.6. The Morgan fingerprint density at radius 1 is 1.42 bits per heavy atom. The lowest BCUT2D eigenvalue weighted by Crippen LogP contribution is -2.28. The van der Waals surface area contributed by atoms with Crippen LogP contribution in [0.15, 0.2) is 35.0 Å². The van der Waals surface area contributed by atoms with E-state index in [-0.39, 0.29) is 11.8 Å². The minimum absolute atomic E-state index is 0.0599. The van der Waals surface area contributed by atoms with Crippen LogP contribution in [0.3, 0.4) is 0 Å². The molecule has 1 saturated heterocycles. The van der Waals surface area contributed by atoms with Gasteiger partial charge in [-0.3, -0.25) is 9.89 Å². The molecule has 4 rings (SSSR count). The lowest BCUT2D eigenvalue weighted by molar-refractivity contribution is 0.0790. The standard InChI is InChI=1S/C18H19N5O3/c1-11-20-17(26-22-11)13-6-7-23(10-13)18(24)15-9-19-21-16(15)12-4-3-5-14(8-12)25-2/h3-5,8-9,13H,6-7,10H2,1-2H3,(H,19,21). The number of hydrogen-bond acceptors (Lipinski definition) is 6. The van der Waals surface area contributed by atoms with Crippen molar-refractivity contribution >= 4 is 5.91 Å². The van der Waals surface area contributed by atoms with Crippen LogP contribution in [-0.4, -0.2) is 51.3 Å². The highest BCUT2D eigenvalue weighted by molar-refractivity contribution is 6.00. The number of rotatable bonds is 4. The van der Waals surface area contributed by atoms with Crippen molar-refractivity contribution in [3.05, 3.63) is 47.7 Å². The van der Waals surface area contributed by atoms with E-state index in [0.717, 1.165) is 17.7 Å². The second-order valence-corrected chi connectivity index (χ2v) is 6.31. The number of nitrogens with zero attached hydrogens (tertiary/aromatic N) is 4. The largest absolute Gasteiger partial charge is 0.497 e. The topological polar surface area (TPSA) is 97.1 Å². The van der Waals surface area contributed by atoms with Crippen LogP contribution in [0.25, 0.3) is 11.3 Å². The minimum atomic E-state index is -0.0599. The molecule has 1 fully saturated rings. The third-order valence-electron chi connectivity index (χ3n) is 4.60. The first-order chi connectivity index (χ1) is 12.7. The molecule has 0 aliphatic carbocycles. The number of aromatic nitrogens is 4. The van der Waals surface area contributed by atoms with Gasteiger partial charge in [0.15, 0.2) is 5.82 Å². The maximum Gasteiger partial charge on any atom is 0.257 e. The fourth-order valence-corrected chi connectivity index (χ4v) is 3.24. The van der Waals surface area contributed by atoms with Crippen molar-refractivity contribution in [3.63, 3.8) is 0 Å². The van der Waals surface area contributed by atoms with Gasteiger partial charge >= 0.3 is 0 Å². The Balaban J connectivity index is 1.55. The molecular weight excluding hydrogens is 334 g/mol. The van der Waals surface area contributed by atoms with E-state index in [0.29, 0.717) is 36.1 Å². The number of H-pyrrole nitrogens is 1. The highest BCUT2D eigenvalue weighted by atomic mass is 16.5. The molecule has 1 aliphatic heterocycles. The molecular formula is C18H19N5O3. The molecule has 1 N–H and O–H groups in total. The lowest BCUT2D eigenvalue weighted by atomic mass is 10.1. The summed E-state index contributed by atoms with van der Waals surface area (Å²) in [5.41, 5.74) is 2.08. The summed E-state index contributed by atoms with van der Waals surface area (Å²) in [6.45, 7) is 2.99. The van der Waals surface area contributed by atoms with E-state index in [1.807, 2.05) is 24.3 Å². The zero-order valence-corrected chi connectivity index (χ0v) is 14.6. The number of hydrogen-bond donors (Lipinski definition) is 1. The number of carbonyl (C=O) groups is 1. The van der Waals surface area contributed by atoms with Crippen molar-refractivity contribution in [2.45, 2.75) is 19.3 Å². The molecule has 0 radical (unpaired) electrons. The number of carbonyl (C=O) groups excluding carboxylic acids is 1. The summed E-state index contributed by atoms with van der Waals surface area (Å²) in [5.74, 6) is 1.95. The number of nitrogens with one attached hydrogen (secondary N) is 1. The molecule has 26 heavy (non-hydrogen) atoms. The van der Waals surface area contributed by atoms with Crippen LogP contribution in [0.5, 0.6) is 5.75 Å². The van der Waals surface area contributed by atoms with E-state index in [9.17, 15) is 4.79 Å². The van der Waals surface area contributed by atoms with Gasteiger partial charge < -0.3 is 14.2 Å². The van der Waals surface area contributed by atoms with Crippen LogP contribution in [0.2, 0.25) is 0 Å². The Labute approximate surface area is 150 Å². The Morgan fingerprint density at radius 3 is 3.08 bits per heavy atom. The molecule has 0 spiro atoms. The summed E-state index contributed by atoms with van der Waals surface area (Å²) < 4.78 is 10.5. The normalized spacial score (nSPS) is 16.8. The molecule has 134 valence electrons. The Hall–Kier alpha value is -3.16. The van der Waals surface area contributed by atoms with E-state index in [1.165, 1.54) is 0 Å². The molecule has 1 aromatic carbocycles. The molecule has 1 amide bonds. The first-order valence-electron chi connectivity index (χ1n) is 8.43. The van der Waals surface area contributed by atoms with E-state index in [1.54, 1.807) is 25.1 Å². The second-order valence-electron chi connectivity index (χ2n) is 6.31. The second kappa shape index (κ2) is 6.62. The van der Waals surface area contributed by atoms with Gasteiger partial charge in [0.1, 0.15) is 5.75 Å². The van der Waals surface area contributed by atoms with Gasteiger partial charge in [-0.05, 0) is 25.5 Å². The average molecular weight is 353 g/mol. The Bertz CT molecular complexity index is 932. The summed E-state index contributed by atoms with van der Waals surface area (Å²) in [5, 5.41) is 10.8. The number of amides is 1. The van der Waals surface area contributed by atoms with Gasteiger partial charge in [0, 0.05) is 18.7 Å². The van der Waals surface area contributed by atoms with Gasteiger partial charge in [-0.15, -0.1) is 0 Å². The number of likely N-dealkylation sites (tertiary alicyclic amines) is 1. The van der Waals surface area contributed by atoms with Crippen molar-refractivity contribution < 1.29 is 14.1 Å². The van der Waals surface area contributed by atoms with Crippen LogP contribution >= 0.6 is 0 Å². The molecule has 1 aliphatic rings. The van der Waals surface area contributed by atoms with Crippen molar-refractivity contribution in [1.29, 1.82) is 0 Å². The third-order valence-corrected chi connectivity index (χ3v) is 4.60. The van der Waals surface area contributed by atoms with Gasteiger partial charge in [0.05, 0.1) is 30.5 Å². The molecule has 0 saturated carbocycles. The number of methoxy groups -OCH3 is 1. The highest BCUT2D eigenvalue weighted by Crippen LogP contribution is 2.30. The van der Waals surface area contributed by atoms with Gasteiger partial charge in [-0.1, -0.05) is 17.3 Å². The molecule has 0 bridgehead atoms. The molecule has 3 aromatic rings. The van der Waals surface area contributed by atoms with Gasteiger partial charge in [0.2, 0.25) is 5.89 Å². The fraction of sp³-hybridized carbons (Fsp3) is 0.333. The molecule has 8 nitrogen and oxygen atoms in total. The first kappa shape index (κ1) is 16.3. The fourth-order valence-electron chi connectivity index (χ4n) is 3.24. The molecule has 2 aromatic heterocycles. The predicted octanol–water partition coefficient (Wildman–Crippen LogP) is 2.41. The predicted molar refractivity (Wildman–Crippen MR) is 92.9 cm³/mol. The van der Waals surface area contributed by atoms with Gasteiger partial charge in [-0.2, -0.15) is 10.1 Å². The average Bonchev–Trinajstić information content (AvgIpc) is 3.41. The monoisotopic (exact) mass is 353 g/mol. The maximum absolute atomic E-state index is 13.0. The summed E-state index contributed by atoms with van der Waals surface area (Å²) >= 11 is 0. The molecule has 8 heteroatoms. The van der Waals surface area contributed by atoms with Crippen LogP contribution in [0.4, 0.5) is 0 Å². The van der Waals surface area contributed by atoms with E-state index in [2.05, 4.69) is 20.3 Å². The van der Waals surface area contributed by atoms with Crippen molar-refractivity contribution in [2.24, 2.45) is 0 Å². The third kappa shape index (κ3) is 2.94. The number of aryl methyl sites for hydroxylation is 1. The number of aromatic amines is 1. The summed E-state index contributed by atoms with van der Waals surface area (Å²) in [6, 6.07) is 7.53. The zero-order chi connectivity index (χ0) is 18.1. The maximum atomic E-state index is 13.0. The van der Waals surface area contributed by atoms with Crippen LogP contribution in [-0.2, 0) is 0 Å². The van der Waals surface area contributed by atoms with Crippen molar-refractivity contribution in [3.8, 4) is 17.0 Å². The summed E-state index contributed by atoms with van der Waals surface area (Å²) in [7, 11) is 1.61. The van der Waals surface area contributed by atoms with Crippen molar-refractivity contribution in [2.75, 3.05) is 20.2 Å².